The topological polar surface area (TPSA) is 98.7 Å². The quantitative estimate of drug-likeness (QED) is 0.130. The fraction of sp³-hybridized carbons (Fsp3) is 0.243. The number of nitrogens with zero attached hydrogens (tertiary/aromatic N) is 4. The Hall–Kier alpha value is -4.94. The van der Waals surface area contributed by atoms with Gasteiger partial charge >= 0.3 is 0 Å². The van der Waals surface area contributed by atoms with Crippen molar-refractivity contribution in [2.24, 2.45) is 5.10 Å². The van der Waals surface area contributed by atoms with E-state index in [1.807, 2.05) is 81.4 Å². The monoisotopic (exact) mass is 678 g/mol. The third-order valence-corrected chi connectivity index (χ3v) is 8.03. The second-order valence-electron chi connectivity index (χ2n) is 10.9. The van der Waals surface area contributed by atoms with Gasteiger partial charge in [0.2, 0.25) is 0 Å². The fourth-order valence-electron chi connectivity index (χ4n) is 5.17. The number of fused-ring (bicyclic) bond motifs is 1. The van der Waals surface area contributed by atoms with Crippen LogP contribution < -0.4 is 19.8 Å². The van der Waals surface area contributed by atoms with Crippen LogP contribution in [0.25, 0.3) is 22.3 Å². The summed E-state index contributed by atoms with van der Waals surface area (Å²) in [5.41, 5.74) is 5.05. The molecule has 234 valence electrons. The number of ether oxygens (including phenoxy) is 3. The molecular weight excluding hydrogens is 644 g/mol. The molecule has 0 unspecified atom stereocenters. The molecule has 0 aliphatic heterocycles. The molecule has 0 fully saturated rings. The Labute approximate surface area is 277 Å². The minimum atomic E-state index is -0.281. The van der Waals surface area contributed by atoms with Gasteiger partial charge in [-0.2, -0.15) is 15.0 Å². The zero-order valence-electron chi connectivity index (χ0n) is 26.5. The molecule has 8 nitrogen and oxygen atoms in total. The van der Waals surface area contributed by atoms with E-state index in [0.717, 1.165) is 28.0 Å². The maximum absolute atomic E-state index is 13.9. The smallest absolute Gasteiger partial charge is 0.282 e. The van der Waals surface area contributed by atoms with Crippen LogP contribution in [0.2, 0.25) is 0 Å². The molecule has 0 aliphatic rings. The van der Waals surface area contributed by atoms with Crippen molar-refractivity contribution in [2.75, 3.05) is 13.2 Å². The van der Waals surface area contributed by atoms with Gasteiger partial charge in [-0.1, -0.05) is 44.2 Å². The first-order valence-electron chi connectivity index (χ1n) is 15.2. The van der Waals surface area contributed by atoms with Crippen molar-refractivity contribution in [2.45, 2.75) is 47.1 Å². The average molecular weight is 680 g/mol. The van der Waals surface area contributed by atoms with Gasteiger partial charge in [0.25, 0.3) is 5.56 Å². The molecule has 9 heteroatoms. The van der Waals surface area contributed by atoms with Crippen molar-refractivity contribution in [1.82, 2.24) is 9.66 Å². The van der Waals surface area contributed by atoms with Gasteiger partial charge in [0, 0.05) is 11.1 Å². The number of para-hydroxylation sites is 1. The first-order chi connectivity index (χ1) is 22.2. The molecule has 1 aromatic heterocycles. The van der Waals surface area contributed by atoms with E-state index in [1.165, 1.54) is 4.68 Å². The summed E-state index contributed by atoms with van der Waals surface area (Å²) in [5.74, 6) is 2.45. The van der Waals surface area contributed by atoms with Gasteiger partial charge in [0.05, 0.1) is 46.4 Å². The first-order valence-corrected chi connectivity index (χ1v) is 16.0. The molecule has 4 aromatic carbocycles. The van der Waals surface area contributed by atoms with Crippen LogP contribution >= 0.6 is 15.9 Å². The van der Waals surface area contributed by atoms with Crippen LogP contribution in [0, 0.1) is 18.3 Å². The molecule has 0 atom stereocenters. The average Bonchev–Trinajstić information content (AvgIpc) is 3.04. The molecule has 1 heterocycles. The lowest BCUT2D eigenvalue weighted by atomic mass is 9.96. The Balaban J connectivity index is 1.60. The van der Waals surface area contributed by atoms with Crippen LogP contribution in [0.15, 0.2) is 87.2 Å². The third kappa shape index (κ3) is 6.82. The second-order valence-corrected chi connectivity index (χ2v) is 11.8. The Morgan fingerprint density at radius 1 is 0.978 bits per heavy atom. The van der Waals surface area contributed by atoms with Gasteiger partial charge in [-0.25, -0.2) is 4.98 Å². The lowest BCUT2D eigenvalue weighted by Gasteiger charge is -2.18. The number of halogens is 1. The molecule has 0 saturated heterocycles. The fourth-order valence-corrected chi connectivity index (χ4v) is 5.75. The Kier molecular flexibility index (Phi) is 10.2. The summed E-state index contributed by atoms with van der Waals surface area (Å²) in [6, 6.07) is 24.5. The zero-order chi connectivity index (χ0) is 32.8. The molecule has 5 aromatic rings. The minimum absolute atomic E-state index is 0.188. The Bertz CT molecular complexity index is 2030. The molecule has 46 heavy (non-hydrogen) atoms. The van der Waals surface area contributed by atoms with Gasteiger partial charge in [0.15, 0.2) is 17.3 Å². The molecule has 0 amide bonds. The Morgan fingerprint density at radius 3 is 2.43 bits per heavy atom. The number of rotatable bonds is 11. The van der Waals surface area contributed by atoms with Crippen molar-refractivity contribution in [3.05, 3.63) is 115 Å². The number of hydrogen-bond donors (Lipinski definition) is 0. The van der Waals surface area contributed by atoms with Gasteiger partial charge < -0.3 is 14.2 Å². The second kappa shape index (κ2) is 14.4. The summed E-state index contributed by atoms with van der Waals surface area (Å²) in [6.45, 7) is 11.2. The predicted octanol–water partition coefficient (Wildman–Crippen LogP) is 8.39. The van der Waals surface area contributed by atoms with Crippen molar-refractivity contribution >= 4 is 33.0 Å². The highest BCUT2D eigenvalue weighted by molar-refractivity contribution is 9.10. The largest absolute Gasteiger partial charge is 0.494 e. The lowest BCUT2D eigenvalue weighted by molar-refractivity contribution is 0.267. The molecule has 0 bridgehead atoms. The minimum Gasteiger partial charge on any atom is -0.494 e. The van der Waals surface area contributed by atoms with E-state index in [1.54, 1.807) is 18.3 Å². The van der Waals surface area contributed by atoms with E-state index in [0.29, 0.717) is 57.0 Å². The SMILES string of the molecule is CCOc1cc(C)c(-c2nc3ccccc3c(=O)n2N=Cc2cc(Br)c(OCc3ccccc3C#N)c(OCC)c2)cc1C(C)C. The van der Waals surface area contributed by atoms with Crippen molar-refractivity contribution in [1.29, 1.82) is 5.26 Å². The molecule has 0 spiro atoms. The van der Waals surface area contributed by atoms with E-state index < -0.39 is 0 Å². The highest BCUT2D eigenvalue weighted by Crippen LogP contribution is 2.38. The van der Waals surface area contributed by atoms with Gasteiger partial charge in [-0.05, 0) is 102 Å². The van der Waals surface area contributed by atoms with E-state index in [4.69, 9.17) is 24.3 Å². The standard InChI is InChI=1S/C37H35BrN4O4/c1-6-44-33-16-24(5)30(19-29(33)23(3)4)36-41-32-15-11-10-14-28(32)37(43)42(36)40-21-25-17-31(38)35(34(18-25)45-7-2)46-22-27-13-9-8-12-26(27)20-39/h8-19,21,23H,6-7,22H2,1-5H3. The van der Waals surface area contributed by atoms with Crippen LogP contribution in [0.1, 0.15) is 61.4 Å². The number of benzene rings is 4. The molecule has 0 radical (unpaired) electrons. The third-order valence-electron chi connectivity index (χ3n) is 7.44. The van der Waals surface area contributed by atoms with Crippen LogP contribution in [-0.2, 0) is 6.61 Å². The highest BCUT2D eigenvalue weighted by Gasteiger charge is 2.19. The van der Waals surface area contributed by atoms with Crippen molar-refractivity contribution in [3.8, 4) is 34.7 Å². The number of aromatic nitrogens is 2. The van der Waals surface area contributed by atoms with Crippen molar-refractivity contribution < 1.29 is 14.2 Å². The predicted molar refractivity (Wildman–Crippen MR) is 185 cm³/mol. The first kappa shape index (κ1) is 32.5. The van der Waals surface area contributed by atoms with Crippen LogP contribution in [-0.4, -0.2) is 29.1 Å². The summed E-state index contributed by atoms with van der Waals surface area (Å²) < 4.78 is 20.0. The van der Waals surface area contributed by atoms with Crippen LogP contribution in [0.4, 0.5) is 0 Å². The van der Waals surface area contributed by atoms with E-state index in [-0.39, 0.29) is 18.1 Å². The van der Waals surface area contributed by atoms with E-state index >= 15 is 0 Å². The molecule has 0 saturated carbocycles. The molecular formula is C37H35BrN4O4. The van der Waals surface area contributed by atoms with E-state index in [9.17, 15) is 10.1 Å². The molecule has 0 N–H and O–H groups in total. The van der Waals surface area contributed by atoms with Gasteiger partial charge in [-0.15, -0.1) is 0 Å². The summed E-state index contributed by atoms with van der Waals surface area (Å²) in [7, 11) is 0. The Morgan fingerprint density at radius 2 is 1.70 bits per heavy atom. The van der Waals surface area contributed by atoms with Gasteiger partial charge in [-0.3, -0.25) is 4.79 Å². The number of nitriles is 1. The maximum atomic E-state index is 13.9. The van der Waals surface area contributed by atoms with Gasteiger partial charge in [0.1, 0.15) is 12.4 Å². The summed E-state index contributed by atoms with van der Waals surface area (Å²) in [6.07, 6.45) is 1.61. The maximum Gasteiger partial charge on any atom is 0.282 e. The summed E-state index contributed by atoms with van der Waals surface area (Å²) in [5, 5.41) is 14.6. The normalized spacial score (nSPS) is 11.3. The zero-order valence-corrected chi connectivity index (χ0v) is 28.1. The highest BCUT2D eigenvalue weighted by atomic mass is 79.9. The summed E-state index contributed by atoms with van der Waals surface area (Å²) >= 11 is 3.63. The summed E-state index contributed by atoms with van der Waals surface area (Å²) in [4.78, 5) is 18.8. The lowest BCUT2D eigenvalue weighted by Crippen LogP contribution is -2.21. The van der Waals surface area contributed by atoms with Crippen LogP contribution in [0.3, 0.4) is 0 Å². The molecule has 5 rings (SSSR count). The van der Waals surface area contributed by atoms with Crippen molar-refractivity contribution in [3.63, 3.8) is 0 Å². The molecule has 0 aliphatic carbocycles. The van der Waals surface area contributed by atoms with Crippen LogP contribution in [0.5, 0.6) is 17.2 Å². The number of hydrogen-bond acceptors (Lipinski definition) is 7. The van der Waals surface area contributed by atoms with E-state index in [2.05, 4.69) is 35.8 Å². The number of aryl methyl sites for hydroxylation is 1.